The van der Waals surface area contributed by atoms with E-state index in [0.717, 1.165) is 6.07 Å². The van der Waals surface area contributed by atoms with Crippen LogP contribution in [-0.2, 0) is 0 Å². The minimum atomic E-state index is -1.55. The van der Waals surface area contributed by atoms with E-state index in [9.17, 15) is 18.3 Å². The number of aromatic nitrogens is 1. The molecule has 0 aliphatic carbocycles. The molecule has 2 aromatic rings. The van der Waals surface area contributed by atoms with Gasteiger partial charge in [-0.3, -0.25) is 0 Å². The molecule has 1 N–H and O–H groups in total. The van der Waals surface area contributed by atoms with Crippen LogP contribution in [0.15, 0.2) is 12.1 Å². The van der Waals surface area contributed by atoms with Crippen LogP contribution in [0.25, 0.3) is 10.9 Å². The van der Waals surface area contributed by atoms with E-state index < -0.39 is 23.6 Å². The lowest BCUT2D eigenvalue weighted by molar-refractivity contribution is 0.194. The van der Waals surface area contributed by atoms with Gasteiger partial charge in [0, 0.05) is 5.39 Å². The Morgan fingerprint density at radius 3 is 2.41 bits per heavy atom. The lowest BCUT2D eigenvalue weighted by atomic mass is 10.1. The Kier molecular flexibility index (Phi) is 2.79. The lowest BCUT2D eigenvalue weighted by Crippen LogP contribution is -2.01. The van der Waals surface area contributed by atoms with Crippen molar-refractivity contribution in [1.82, 2.24) is 4.98 Å². The first-order valence-corrected chi connectivity index (χ1v) is 5.04. The molecule has 0 fully saturated rings. The second-order valence-electron chi connectivity index (χ2n) is 3.92. The maximum Gasteiger partial charge on any atom is 0.196 e. The summed E-state index contributed by atoms with van der Waals surface area (Å²) in [7, 11) is 0. The van der Waals surface area contributed by atoms with Crippen LogP contribution in [0.4, 0.5) is 13.2 Å². The van der Waals surface area contributed by atoms with Crippen molar-refractivity contribution in [3.8, 4) is 0 Å². The Labute approximate surface area is 95.7 Å². The number of aryl methyl sites for hydroxylation is 1. The van der Waals surface area contributed by atoms with Crippen LogP contribution >= 0.6 is 0 Å². The molecular formula is C12H10F3NO. The third-order valence-electron chi connectivity index (χ3n) is 2.59. The Hall–Kier alpha value is -1.62. The van der Waals surface area contributed by atoms with Crippen molar-refractivity contribution in [3.63, 3.8) is 0 Å². The highest BCUT2D eigenvalue weighted by atomic mass is 19.2. The van der Waals surface area contributed by atoms with Crippen LogP contribution in [0.3, 0.4) is 0 Å². The van der Waals surface area contributed by atoms with Gasteiger partial charge in [0.05, 0.1) is 11.8 Å². The van der Waals surface area contributed by atoms with Gasteiger partial charge in [-0.25, -0.2) is 18.2 Å². The minimum Gasteiger partial charge on any atom is -0.387 e. The van der Waals surface area contributed by atoms with Gasteiger partial charge in [0.25, 0.3) is 0 Å². The monoisotopic (exact) mass is 241 g/mol. The van der Waals surface area contributed by atoms with Gasteiger partial charge in [-0.15, -0.1) is 0 Å². The average molecular weight is 241 g/mol. The molecule has 2 nitrogen and oxygen atoms in total. The van der Waals surface area contributed by atoms with Crippen molar-refractivity contribution >= 4 is 10.9 Å². The molecule has 0 aliphatic rings. The molecule has 1 aromatic heterocycles. The normalized spacial score (nSPS) is 13.1. The van der Waals surface area contributed by atoms with Gasteiger partial charge in [0.15, 0.2) is 17.5 Å². The van der Waals surface area contributed by atoms with E-state index >= 15 is 0 Å². The Morgan fingerprint density at radius 2 is 1.82 bits per heavy atom. The average Bonchev–Trinajstić information content (AvgIpc) is 2.27. The van der Waals surface area contributed by atoms with Gasteiger partial charge in [-0.05, 0) is 31.5 Å². The van der Waals surface area contributed by atoms with E-state index in [0.29, 0.717) is 5.56 Å². The fourth-order valence-electron chi connectivity index (χ4n) is 1.67. The first kappa shape index (κ1) is 11.9. The third-order valence-corrected chi connectivity index (χ3v) is 2.59. The molecule has 1 atom stereocenters. The van der Waals surface area contributed by atoms with Crippen molar-refractivity contribution < 1.29 is 18.3 Å². The van der Waals surface area contributed by atoms with E-state index in [1.165, 1.54) is 13.0 Å². The molecule has 0 spiro atoms. The molecule has 0 amide bonds. The van der Waals surface area contributed by atoms with E-state index in [-0.39, 0.29) is 16.6 Å². The van der Waals surface area contributed by atoms with Gasteiger partial charge in [-0.1, -0.05) is 0 Å². The van der Waals surface area contributed by atoms with E-state index in [4.69, 9.17) is 0 Å². The molecule has 0 saturated carbocycles. The van der Waals surface area contributed by atoms with Crippen LogP contribution < -0.4 is 0 Å². The SMILES string of the molecule is Cc1cc(C(C)O)nc2c(F)c(F)c(F)cc12. The van der Waals surface area contributed by atoms with Crippen molar-refractivity contribution in [3.05, 3.63) is 40.8 Å². The molecular weight excluding hydrogens is 231 g/mol. The quantitative estimate of drug-likeness (QED) is 0.778. The van der Waals surface area contributed by atoms with Crippen LogP contribution in [0.5, 0.6) is 0 Å². The van der Waals surface area contributed by atoms with Crippen LogP contribution in [0, 0.1) is 24.4 Å². The fraction of sp³-hybridized carbons (Fsp3) is 0.250. The number of nitrogens with zero attached hydrogens (tertiary/aromatic N) is 1. The zero-order chi connectivity index (χ0) is 12.7. The van der Waals surface area contributed by atoms with Crippen molar-refractivity contribution in [2.45, 2.75) is 20.0 Å². The van der Waals surface area contributed by atoms with Crippen LogP contribution in [-0.4, -0.2) is 10.1 Å². The standard InChI is InChI=1S/C12H10F3NO/c1-5-3-9(6(2)17)16-12-7(5)4-8(13)10(14)11(12)15/h3-4,6,17H,1-2H3. The van der Waals surface area contributed by atoms with Crippen molar-refractivity contribution in [2.75, 3.05) is 0 Å². The molecule has 0 aliphatic heterocycles. The molecule has 1 heterocycles. The second-order valence-corrected chi connectivity index (χ2v) is 3.92. The second kappa shape index (κ2) is 4.00. The molecule has 0 saturated heterocycles. The smallest absolute Gasteiger partial charge is 0.196 e. The maximum atomic E-state index is 13.5. The molecule has 90 valence electrons. The van der Waals surface area contributed by atoms with Gasteiger partial charge < -0.3 is 5.11 Å². The third kappa shape index (κ3) is 1.86. The molecule has 5 heteroatoms. The summed E-state index contributed by atoms with van der Waals surface area (Å²) in [6, 6.07) is 2.42. The number of benzene rings is 1. The fourth-order valence-corrected chi connectivity index (χ4v) is 1.67. The highest BCUT2D eigenvalue weighted by molar-refractivity contribution is 5.83. The number of aliphatic hydroxyl groups is 1. The molecule has 0 bridgehead atoms. The van der Waals surface area contributed by atoms with Crippen LogP contribution in [0.1, 0.15) is 24.3 Å². The number of halogens is 3. The van der Waals surface area contributed by atoms with Gasteiger partial charge in [-0.2, -0.15) is 0 Å². The van der Waals surface area contributed by atoms with Crippen LogP contribution in [0.2, 0.25) is 0 Å². The molecule has 17 heavy (non-hydrogen) atoms. The summed E-state index contributed by atoms with van der Waals surface area (Å²) < 4.78 is 39.7. The molecule has 2 rings (SSSR count). The number of hydrogen-bond acceptors (Lipinski definition) is 2. The Bertz CT molecular complexity index is 596. The first-order chi connectivity index (χ1) is 7.91. The Balaban J connectivity index is 2.88. The first-order valence-electron chi connectivity index (χ1n) is 5.04. The number of pyridine rings is 1. The largest absolute Gasteiger partial charge is 0.387 e. The van der Waals surface area contributed by atoms with Gasteiger partial charge in [0.2, 0.25) is 0 Å². The van der Waals surface area contributed by atoms with Gasteiger partial charge in [0.1, 0.15) is 5.52 Å². The maximum absolute atomic E-state index is 13.5. The topological polar surface area (TPSA) is 33.1 Å². The number of aliphatic hydroxyl groups excluding tert-OH is 1. The number of rotatable bonds is 1. The lowest BCUT2D eigenvalue weighted by Gasteiger charge is -2.09. The van der Waals surface area contributed by atoms with Gasteiger partial charge >= 0.3 is 0 Å². The highest BCUT2D eigenvalue weighted by Gasteiger charge is 2.17. The molecule has 0 radical (unpaired) electrons. The highest BCUT2D eigenvalue weighted by Crippen LogP contribution is 2.26. The number of fused-ring (bicyclic) bond motifs is 1. The summed E-state index contributed by atoms with van der Waals surface area (Å²) in [4.78, 5) is 3.81. The predicted octanol–water partition coefficient (Wildman–Crippen LogP) is 3.01. The summed E-state index contributed by atoms with van der Waals surface area (Å²) in [5, 5.41) is 9.57. The molecule has 1 aromatic carbocycles. The van der Waals surface area contributed by atoms with E-state index in [2.05, 4.69) is 4.98 Å². The summed E-state index contributed by atoms with van der Waals surface area (Å²) in [5.74, 6) is -4.12. The van der Waals surface area contributed by atoms with E-state index in [1.54, 1.807) is 6.92 Å². The minimum absolute atomic E-state index is 0.200. The van der Waals surface area contributed by atoms with E-state index in [1.807, 2.05) is 0 Å². The van der Waals surface area contributed by atoms with Crippen molar-refractivity contribution in [1.29, 1.82) is 0 Å². The Morgan fingerprint density at radius 1 is 1.18 bits per heavy atom. The number of hydrogen-bond donors (Lipinski definition) is 1. The summed E-state index contributed by atoms with van der Waals surface area (Å²) in [6.07, 6.45) is -0.898. The summed E-state index contributed by atoms with van der Waals surface area (Å²) in [5.41, 5.74) is 0.489. The molecule has 1 unspecified atom stereocenters. The predicted molar refractivity (Wildman–Crippen MR) is 57.0 cm³/mol. The zero-order valence-electron chi connectivity index (χ0n) is 9.26. The zero-order valence-corrected chi connectivity index (χ0v) is 9.26. The van der Waals surface area contributed by atoms with Crippen molar-refractivity contribution in [2.24, 2.45) is 0 Å². The summed E-state index contributed by atoms with van der Waals surface area (Å²) in [6.45, 7) is 3.08. The summed E-state index contributed by atoms with van der Waals surface area (Å²) >= 11 is 0.